The minimum atomic E-state index is -1.09. The van der Waals surface area contributed by atoms with E-state index in [0.717, 1.165) is 48.1 Å². The molecule has 126 valence electrons. The number of amides is 2. The third-order valence-electron chi connectivity index (χ3n) is 4.74. The van der Waals surface area contributed by atoms with E-state index in [0.29, 0.717) is 0 Å². The van der Waals surface area contributed by atoms with Gasteiger partial charge in [0.25, 0.3) is 0 Å². The van der Waals surface area contributed by atoms with Crippen LogP contribution in [-0.4, -0.2) is 17.9 Å². The SMILES string of the molecule is Cc1cc(C)c(NC(=O)C(C)(C)C(=O)NC2CCCC2)c(C)c1. The smallest absolute Gasteiger partial charge is 0.239 e. The molecule has 4 heteroatoms. The molecular weight excluding hydrogens is 288 g/mol. The van der Waals surface area contributed by atoms with Gasteiger partial charge < -0.3 is 10.6 Å². The van der Waals surface area contributed by atoms with E-state index in [4.69, 9.17) is 0 Å². The Balaban J connectivity index is 2.10. The molecule has 0 aromatic heterocycles. The number of carbonyl (C=O) groups is 2. The van der Waals surface area contributed by atoms with Crippen LogP contribution in [0, 0.1) is 26.2 Å². The van der Waals surface area contributed by atoms with Crippen molar-refractivity contribution in [1.82, 2.24) is 5.32 Å². The fourth-order valence-corrected chi connectivity index (χ4v) is 3.19. The van der Waals surface area contributed by atoms with Crippen molar-refractivity contribution < 1.29 is 9.59 Å². The van der Waals surface area contributed by atoms with Gasteiger partial charge in [-0.25, -0.2) is 0 Å². The molecule has 0 radical (unpaired) electrons. The summed E-state index contributed by atoms with van der Waals surface area (Å²) < 4.78 is 0. The molecule has 1 saturated carbocycles. The number of carbonyl (C=O) groups excluding carboxylic acids is 2. The van der Waals surface area contributed by atoms with E-state index in [1.807, 2.05) is 32.9 Å². The molecule has 1 aromatic carbocycles. The summed E-state index contributed by atoms with van der Waals surface area (Å²) >= 11 is 0. The van der Waals surface area contributed by atoms with Crippen molar-refractivity contribution in [1.29, 1.82) is 0 Å². The average molecular weight is 316 g/mol. The zero-order valence-corrected chi connectivity index (χ0v) is 14.9. The summed E-state index contributed by atoms with van der Waals surface area (Å²) in [5.74, 6) is -0.452. The second kappa shape index (κ2) is 6.73. The van der Waals surface area contributed by atoms with Crippen LogP contribution in [0.3, 0.4) is 0 Å². The third-order valence-corrected chi connectivity index (χ3v) is 4.74. The summed E-state index contributed by atoms with van der Waals surface area (Å²) in [6, 6.07) is 4.29. The van der Waals surface area contributed by atoms with Gasteiger partial charge in [0.1, 0.15) is 5.41 Å². The molecule has 0 aliphatic heterocycles. The molecule has 2 N–H and O–H groups in total. The van der Waals surface area contributed by atoms with E-state index < -0.39 is 5.41 Å². The predicted octanol–water partition coefficient (Wildman–Crippen LogP) is 3.64. The molecular formula is C19H28N2O2. The fourth-order valence-electron chi connectivity index (χ4n) is 3.19. The maximum absolute atomic E-state index is 12.7. The molecule has 23 heavy (non-hydrogen) atoms. The molecule has 4 nitrogen and oxygen atoms in total. The first-order chi connectivity index (χ1) is 10.7. The largest absolute Gasteiger partial charge is 0.352 e. The highest BCUT2D eigenvalue weighted by Crippen LogP contribution is 2.26. The first-order valence-corrected chi connectivity index (χ1v) is 8.42. The van der Waals surface area contributed by atoms with Gasteiger partial charge in [-0.3, -0.25) is 9.59 Å². The van der Waals surface area contributed by atoms with Gasteiger partial charge >= 0.3 is 0 Å². The molecule has 0 atom stereocenters. The summed E-state index contributed by atoms with van der Waals surface area (Å²) in [4.78, 5) is 25.2. The maximum Gasteiger partial charge on any atom is 0.239 e. The van der Waals surface area contributed by atoms with E-state index in [-0.39, 0.29) is 17.9 Å². The van der Waals surface area contributed by atoms with Gasteiger partial charge in [0.2, 0.25) is 11.8 Å². The second-order valence-corrected chi connectivity index (χ2v) is 7.31. The van der Waals surface area contributed by atoms with E-state index in [2.05, 4.69) is 10.6 Å². The summed E-state index contributed by atoms with van der Waals surface area (Å²) in [5.41, 5.74) is 2.91. The highest BCUT2D eigenvalue weighted by molar-refractivity contribution is 6.10. The Hall–Kier alpha value is -1.84. The Morgan fingerprint density at radius 2 is 1.52 bits per heavy atom. The van der Waals surface area contributed by atoms with Crippen molar-refractivity contribution in [2.24, 2.45) is 5.41 Å². The lowest BCUT2D eigenvalue weighted by Gasteiger charge is -2.26. The van der Waals surface area contributed by atoms with Crippen LogP contribution in [0.4, 0.5) is 5.69 Å². The van der Waals surface area contributed by atoms with Gasteiger partial charge in [-0.15, -0.1) is 0 Å². The normalized spacial score (nSPS) is 15.5. The van der Waals surface area contributed by atoms with Crippen LogP contribution in [0.25, 0.3) is 0 Å². The van der Waals surface area contributed by atoms with Crippen LogP contribution >= 0.6 is 0 Å². The predicted molar refractivity (Wildman–Crippen MR) is 93.5 cm³/mol. The van der Waals surface area contributed by atoms with Crippen LogP contribution < -0.4 is 10.6 Å². The van der Waals surface area contributed by atoms with E-state index in [1.165, 1.54) is 0 Å². The highest BCUT2D eigenvalue weighted by atomic mass is 16.2. The lowest BCUT2D eigenvalue weighted by atomic mass is 9.90. The van der Waals surface area contributed by atoms with Crippen molar-refractivity contribution in [3.05, 3.63) is 28.8 Å². The van der Waals surface area contributed by atoms with Crippen LogP contribution in [0.2, 0.25) is 0 Å². The summed E-state index contributed by atoms with van der Waals surface area (Å²) in [5, 5.41) is 5.98. The van der Waals surface area contributed by atoms with Crippen molar-refractivity contribution in [3.8, 4) is 0 Å². The first kappa shape index (κ1) is 17.5. The Kier molecular flexibility index (Phi) is 5.12. The van der Waals surface area contributed by atoms with Crippen molar-refractivity contribution in [2.45, 2.75) is 66.3 Å². The van der Waals surface area contributed by atoms with Crippen LogP contribution in [-0.2, 0) is 9.59 Å². The van der Waals surface area contributed by atoms with Gasteiger partial charge in [-0.2, -0.15) is 0 Å². The zero-order chi connectivity index (χ0) is 17.2. The number of hydrogen-bond donors (Lipinski definition) is 2. The number of rotatable bonds is 4. The van der Waals surface area contributed by atoms with Crippen LogP contribution in [0.15, 0.2) is 12.1 Å². The number of nitrogens with one attached hydrogen (secondary N) is 2. The van der Waals surface area contributed by atoms with Gasteiger partial charge in [0.05, 0.1) is 0 Å². The van der Waals surface area contributed by atoms with Gasteiger partial charge in [0.15, 0.2) is 0 Å². The summed E-state index contributed by atoms with van der Waals surface area (Å²) in [7, 11) is 0. The monoisotopic (exact) mass is 316 g/mol. The minimum Gasteiger partial charge on any atom is -0.352 e. The third kappa shape index (κ3) is 3.92. The molecule has 0 unspecified atom stereocenters. The number of aryl methyl sites for hydroxylation is 3. The molecule has 1 fully saturated rings. The van der Waals surface area contributed by atoms with E-state index >= 15 is 0 Å². The van der Waals surface area contributed by atoms with E-state index in [9.17, 15) is 9.59 Å². The molecule has 2 rings (SSSR count). The topological polar surface area (TPSA) is 58.2 Å². The molecule has 0 heterocycles. The Morgan fingerprint density at radius 1 is 1.00 bits per heavy atom. The second-order valence-electron chi connectivity index (χ2n) is 7.31. The maximum atomic E-state index is 12.7. The Labute approximate surface area is 139 Å². The van der Waals surface area contributed by atoms with E-state index in [1.54, 1.807) is 13.8 Å². The molecule has 2 amide bonds. The minimum absolute atomic E-state index is 0.190. The molecule has 0 bridgehead atoms. The quantitative estimate of drug-likeness (QED) is 0.833. The summed E-state index contributed by atoms with van der Waals surface area (Å²) in [6.07, 6.45) is 4.33. The summed E-state index contributed by atoms with van der Waals surface area (Å²) in [6.45, 7) is 9.35. The number of hydrogen-bond acceptors (Lipinski definition) is 2. The van der Waals surface area contributed by atoms with Gasteiger partial charge in [-0.05, 0) is 58.6 Å². The standard InChI is InChI=1S/C19H28N2O2/c1-12-10-13(2)16(14(3)11-12)21-18(23)19(4,5)17(22)20-15-8-6-7-9-15/h10-11,15H,6-9H2,1-5H3,(H,20,22)(H,21,23). The first-order valence-electron chi connectivity index (χ1n) is 8.42. The lowest BCUT2D eigenvalue weighted by Crippen LogP contribution is -2.48. The molecule has 1 aliphatic rings. The van der Waals surface area contributed by atoms with Gasteiger partial charge in [0, 0.05) is 11.7 Å². The van der Waals surface area contributed by atoms with Gasteiger partial charge in [-0.1, -0.05) is 30.5 Å². The van der Waals surface area contributed by atoms with Crippen LogP contribution in [0.1, 0.15) is 56.2 Å². The zero-order valence-electron chi connectivity index (χ0n) is 14.9. The average Bonchev–Trinajstić information content (AvgIpc) is 2.95. The lowest BCUT2D eigenvalue weighted by molar-refractivity contribution is -0.138. The molecule has 1 aromatic rings. The number of anilines is 1. The molecule has 0 saturated heterocycles. The van der Waals surface area contributed by atoms with Crippen molar-refractivity contribution in [3.63, 3.8) is 0 Å². The fraction of sp³-hybridized carbons (Fsp3) is 0.579. The van der Waals surface area contributed by atoms with Crippen LogP contribution in [0.5, 0.6) is 0 Å². The Bertz CT molecular complexity index is 591. The van der Waals surface area contributed by atoms with Crippen molar-refractivity contribution in [2.75, 3.05) is 5.32 Å². The molecule has 1 aliphatic carbocycles. The Morgan fingerprint density at radius 3 is 2.04 bits per heavy atom. The highest BCUT2D eigenvalue weighted by Gasteiger charge is 2.37. The van der Waals surface area contributed by atoms with Crippen molar-refractivity contribution >= 4 is 17.5 Å². The molecule has 0 spiro atoms. The number of benzene rings is 1.